The number of nitrogens with zero attached hydrogens (tertiary/aromatic N) is 5. The number of hydrogen-bond acceptors (Lipinski definition) is 9. The second kappa shape index (κ2) is 10.4. The minimum Gasteiger partial charge on any atom is -0.472 e. The molecule has 1 aromatic carbocycles. The van der Waals surface area contributed by atoms with Gasteiger partial charge in [0, 0.05) is 30.7 Å². The number of pyridine rings is 1. The van der Waals surface area contributed by atoms with Crippen molar-refractivity contribution in [3.8, 4) is 23.1 Å². The zero-order valence-electron chi connectivity index (χ0n) is 25.5. The van der Waals surface area contributed by atoms with Crippen molar-refractivity contribution in [1.82, 2.24) is 25.2 Å². The Labute approximate surface area is 264 Å². The van der Waals surface area contributed by atoms with Gasteiger partial charge in [-0.1, -0.05) is 0 Å². The number of benzene rings is 1. The van der Waals surface area contributed by atoms with Gasteiger partial charge >= 0.3 is 12.2 Å². The highest BCUT2D eigenvalue weighted by Crippen LogP contribution is 2.48. The average Bonchev–Trinajstić information content (AvgIpc) is 3.64. The van der Waals surface area contributed by atoms with Crippen molar-refractivity contribution >= 4 is 22.4 Å². The summed E-state index contributed by atoms with van der Waals surface area (Å²) < 4.78 is 117. The lowest BCUT2D eigenvalue weighted by atomic mass is 9.93. The number of aromatic nitrogens is 3. The van der Waals surface area contributed by atoms with Crippen molar-refractivity contribution in [2.45, 2.75) is 87.8 Å². The van der Waals surface area contributed by atoms with Gasteiger partial charge in [0.1, 0.15) is 47.1 Å². The summed E-state index contributed by atoms with van der Waals surface area (Å²) in [5.41, 5.74) is -0.407. The number of piperazine rings is 1. The molecule has 4 saturated heterocycles. The quantitative estimate of drug-likeness (QED) is 0.298. The van der Waals surface area contributed by atoms with E-state index in [0.717, 1.165) is 19.8 Å². The highest BCUT2D eigenvalue weighted by Gasteiger charge is 2.58. The van der Waals surface area contributed by atoms with Gasteiger partial charge in [-0.25, -0.2) is 22.5 Å². The van der Waals surface area contributed by atoms with Crippen LogP contribution in [0.4, 0.5) is 42.2 Å². The minimum atomic E-state index is -5.10. The molecule has 0 spiro atoms. The number of rotatable bonds is 4. The smallest absolute Gasteiger partial charge is 0.417 e. The van der Waals surface area contributed by atoms with Crippen LogP contribution >= 0.6 is 0 Å². The SMILES string of the molecule is Cc1c(F)c(N)cc(-c2nc3c4c(nc(OC[C@@]56CCCN5C[C@@H](F)[C@H]6F)nc4c2F)N2C[C@H]4CC[C@H](N4)[C@H]2[C@H](C)O3)c1C(F)(F)F. The summed E-state index contributed by atoms with van der Waals surface area (Å²) in [4.78, 5) is 16.9. The van der Waals surface area contributed by atoms with E-state index in [-0.39, 0.29) is 54.4 Å². The monoisotopic (exact) mass is 667 g/mol. The Bertz CT molecular complexity index is 1790. The summed E-state index contributed by atoms with van der Waals surface area (Å²) in [6.07, 6.45) is -6.52. The van der Waals surface area contributed by atoms with Gasteiger partial charge in [-0.15, -0.1) is 0 Å². The standard InChI is InChI=1S/C31H32F7N7O2/c1-12-20(31(36,37)38)15(8-17(39)21(12)33)23-22(34)24-19-27(45-9-14-4-5-18(40-14)25(45)13(2)47-28(19)41-23)43-29(42-24)46-11-30-6-3-7-44(30)10-16(32)26(30)35/h8,13-14,16,18,25-26,40H,3-7,9-11,39H2,1-2H3/t13-,14+,16+,18-,25+,26+,30+/m0/s1. The van der Waals surface area contributed by atoms with Crippen molar-refractivity contribution in [3.63, 3.8) is 0 Å². The first-order valence-electron chi connectivity index (χ1n) is 15.7. The Morgan fingerprint density at radius 2 is 1.91 bits per heavy atom. The normalized spacial score (nSPS) is 31.6. The number of alkyl halides is 5. The fourth-order valence-corrected chi connectivity index (χ4v) is 8.52. The lowest BCUT2D eigenvalue weighted by Crippen LogP contribution is -2.62. The third kappa shape index (κ3) is 4.46. The molecule has 7 atom stereocenters. The van der Waals surface area contributed by atoms with E-state index in [1.165, 1.54) is 0 Å². The number of anilines is 2. The van der Waals surface area contributed by atoms with Crippen molar-refractivity contribution in [3.05, 3.63) is 28.8 Å². The average molecular weight is 668 g/mol. The molecule has 0 unspecified atom stereocenters. The van der Waals surface area contributed by atoms with Crippen molar-refractivity contribution < 1.29 is 40.2 Å². The first-order chi connectivity index (χ1) is 22.3. The summed E-state index contributed by atoms with van der Waals surface area (Å²) in [6.45, 7) is 3.25. The van der Waals surface area contributed by atoms with Crippen LogP contribution in [-0.4, -0.2) is 88.2 Å². The van der Waals surface area contributed by atoms with Crippen LogP contribution in [0.5, 0.6) is 11.9 Å². The van der Waals surface area contributed by atoms with Gasteiger partial charge < -0.3 is 25.4 Å². The van der Waals surface area contributed by atoms with Gasteiger partial charge in [-0.2, -0.15) is 23.1 Å². The van der Waals surface area contributed by atoms with Gasteiger partial charge in [-0.05, 0) is 57.7 Å². The molecule has 3 aromatic rings. The van der Waals surface area contributed by atoms with E-state index in [1.54, 1.807) is 11.8 Å². The van der Waals surface area contributed by atoms with E-state index in [0.29, 0.717) is 32.0 Å². The number of nitrogen functional groups attached to an aromatic ring is 1. The molecule has 9 nitrogen and oxygen atoms in total. The molecule has 5 aliphatic rings. The lowest BCUT2D eigenvalue weighted by molar-refractivity contribution is -0.137. The Hall–Kier alpha value is -3.66. The van der Waals surface area contributed by atoms with Crippen LogP contribution in [0.1, 0.15) is 43.7 Å². The van der Waals surface area contributed by atoms with Crippen LogP contribution in [0.2, 0.25) is 0 Å². The molecular weight excluding hydrogens is 635 g/mol. The number of nitrogens with two attached hydrogens (primary N) is 1. The predicted octanol–water partition coefficient (Wildman–Crippen LogP) is 4.87. The van der Waals surface area contributed by atoms with E-state index >= 15 is 8.78 Å². The van der Waals surface area contributed by atoms with Crippen molar-refractivity contribution in [2.75, 3.05) is 36.9 Å². The maximum Gasteiger partial charge on any atom is 0.417 e. The van der Waals surface area contributed by atoms with Crippen LogP contribution < -0.4 is 25.4 Å². The van der Waals surface area contributed by atoms with E-state index in [9.17, 15) is 22.0 Å². The highest BCUT2D eigenvalue weighted by molar-refractivity contribution is 5.97. The Balaban J connectivity index is 1.33. The third-order valence-electron chi connectivity index (χ3n) is 10.6. The van der Waals surface area contributed by atoms with E-state index in [2.05, 4.69) is 20.3 Å². The predicted molar refractivity (Wildman–Crippen MR) is 157 cm³/mol. The first kappa shape index (κ1) is 30.7. The first-order valence-corrected chi connectivity index (χ1v) is 15.7. The van der Waals surface area contributed by atoms with Crippen LogP contribution in [-0.2, 0) is 6.18 Å². The van der Waals surface area contributed by atoms with E-state index in [1.807, 2.05) is 4.90 Å². The number of halogens is 7. The van der Waals surface area contributed by atoms with Gasteiger partial charge in [0.2, 0.25) is 5.88 Å². The van der Waals surface area contributed by atoms with Gasteiger partial charge in [0.25, 0.3) is 0 Å². The molecule has 2 aromatic heterocycles. The number of fused-ring (bicyclic) bond motifs is 6. The maximum atomic E-state index is 16.8. The van der Waals surface area contributed by atoms with Gasteiger partial charge in [0.05, 0.1) is 22.8 Å². The second-order valence-corrected chi connectivity index (χ2v) is 13.3. The molecule has 0 saturated carbocycles. The molecule has 3 N–H and O–H groups in total. The zero-order valence-corrected chi connectivity index (χ0v) is 25.5. The molecular formula is C31H32F7N7O2. The number of ether oxygens (including phenoxy) is 2. The zero-order chi connectivity index (χ0) is 33.2. The van der Waals surface area contributed by atoms with Crippen LogP contribution in [0, 0.1) is 18.6 Å². The fraction of sp³-hybridized carbons (Fsp3) is 0.581. The second-order valence-electron chi connectivity index (χ2n) is 13.3. The third-order valence-corrected chi connectivity index (χ3v) is 10.6. The number of hydrogen-bond donors (Lipinski definition) is 2. The Morgan fingerprint density at radius 1 is 1.13 bits per heavy atom. The topological polar surface area (TPSA) is 102 Å². The van der Waals surface area contributed by atoms with Crippen molar-refractivity contribution in [1.29, 1.82) is 0 Å². The lowest BCUT2D eigenvalue weighted by Gasteiger charge is -2.42. The van der Waals surface area contributed by atoms with Gasteiger partial charge in [-0.3, -0.25) is 4.90 Å². The van der Waals surface area contributed by atoms with E-state index < -0.39 is 75.4 Å². The summed E-state index contributed by atoms with van der Waals surface area (Å²) >= 11 is 0. The molecule has 2 bridgehead atoms. The summed E-state index contributed by atoms with van der Waals surface area (Å²) in [5, 5.41) is 3.59. The van der Waals surface area contributed by atoms with Crippen molar-refractivity contribution in [2.24, 2.45) is 0 Å². The summed E-state index contributed by atoms with van der Waals surface area (Å²) in [7, 11) is 0. The molecule has 0 aliphatic carbocycles. The molecule has 0 radical (unpaired) electrons. The molecule has 252 valence electrons. The van der Waals surface area contributed by atoms with Crippen LogP contribution in [0.3, 0.4) is 0 Å². The van der Waals surface area contributed by atoms with E-state index in [4.69, 9.17) is 15.2 Å². The minimum absolute atomic E-state index is 0.0309. The Morgan fingerprint density at radius 3 is 2.68 bits per heavy atom. The van der Waals surface area contributed by atoms with Crippen LogP contribution in [0.15, 0.2) is 6.07 Å². The fourth-order valence-electron chi connectivity index (χ4n) is 8.52. The molecule has 8 rings (SSSR count). The molecule has 5 aliphatic heterocycles. The Kier molecular flexibility index (Phi) is 6.80. The molecule has 0 amide bonds. The number of nitrogens with one attached hydrogen (secondary N) is 1. The van der Waals surface area contributed by atoms with Gasteiger partial charge in [0.15, 0.2) is 12.0 Å². The molecule has 47 heavy (non-hydrogen) atoms. The molecule has 7 heterocycles. The maximum absolute atomic E-state index is 16.8. The van der Waals surface area contributed by atoms with Crippen LogP contribution in [0.25, 0.3) is 22.2 Å². The molecule has 4 fully saturated rings. The summed E-state index contributed by atoms with van der Waals surface area (Å²) in [6, 6.07) is 0.0794. The summed E-state index contributed by atoms with van der Waals surface area (Å²) in [5.74, 6) is -2.53. The highest BCUT2D eigenvalue weighted by atomic mass is 19.4. The largest absolute Gasteiger partial charge is 0.472 e. The molecule has 16 heteroatoms.